The smallest absolute Gasteiger partial charge is 0.258 e. The lowest BCUT2D eigenvalue weighted by molar-refractivity contribution is -0.123. The molecule has 1 amide bonds. The molecule has 1 saturated carbocycles. The summed E-state index contributed by atoms with van der Waals surface area (Å²) in [6.07, 6.45) is 3.90. The fourth-order valence-corrected chi connectivity index (χ4v) is 2.61. The van der Waals surface area contributed by atoms with Crippen LogP contribution in [0.2, 0.25) is 0 Å². The second-order valence-electron chi connectivity index (χ2n) is 5.55. The van der Waals surface area contributed by atoms with Crippen LogP contribution in [0.5, 0.6) is 5.75 Å². The lowest BCUT2D eigenvalue weighted by Crippen LogP contribution is -2.36. The van der Waals surface area contributed by atoms with E-state index in [1.807, 2.05) is 19.1 Å². The standard InChI is InChI=1S/C16H23NO3/c1-11-7-8-15(14(9-11)12(2)18)20-10-16(19)17-13-5-3-4-6-13/h7-9,12-13,18H,3-6,10H2,1-2H3,(H,17,19). The van der Waals surface area contributed by atoms with Gasteiger partial charge in [-0.2, -0.15) is 0 Å². The van der Waals surface area contributed by atoms with Crippen LogP contribution in [0.25, 0.3) is 0 Å². The topological polar surface area (TPSA) is 58.6 Å². The monoisotopic (exact) mass is 277 g/mol. The lowest BCUT2D eigenvalue weighted by atomic mass is 10.1. The first-order valence-electron chi connectivity index (χ1n) is 7.27. The lowest BCUT2D eigenvalue weighted by Gasteiger charge is -2.16. The zero-order valence-electron chi connectivity index (χ0n) is 12.2. The first kappa shape index (κ1) is 14.9. The normalized spacial score (nSPS) is 16.9. The Kier molecular flexibility index (Phi) is 5.01. The molecule has 0 aromatic heterocycles. The summed E-state index contributed by atoms with van der Waals surface area (Å²) in [5, 5.41) is 12.7. The number of benzene rings is 1. The van der Waals surface area contributed by atoms with Crippen molar-refractivity contribution in [1.82, 2.24) is 5.32 Å². The van der Waals surface area contributed by atoms with E-state index in [-0.39, 0.29) is 12.5 Å². The van der Waals surface area contributed by atoms with Gasteiger partial charge >= 0.3 is 0 Å². The van der Waals surface area contributed by atoms with Gasteiger partial charge in [0.25, 0.3) is 5.91 Å². The fourth-order valence-electron chi connectivity index (χ4n) is 2.61. The molecule has 1 fully saturated rings. The molecule has 0 spiro atoms. The third-order valence-corrected chi connectivity index (χ3v) is 3.69. The van der Waals surface area contributed by atoms with Crippen molar-refractivity contribution in [3.63, 3.8) is 0 Å². The number of carbonyl (C=O) groups excluding carboxylic acids is 1. The van der Waals surface area contributed by atoms with Gasteiger partial charge in [0.05, 0.1) is 6.10 Å². The fraction of sp³-hybridized carbons (Fsp3) is 0.562. The van der Waals surface area contributed by atoms with Crippen LogP contribution in [-0.4, -0.2) is 23.7 Å². The minimum Gasteiger partial charge on any atom is -0.483 e. The van der Waals surface area contributed by atoms with Crippen molar-refractivity contribution in [1.29, 1.82) is 0 Å². The number of hydrogen-bond acceptors (Lipinski definition) is 3. The Morgan fingerprint density at radius 1 is 1.45 bits per heavy atom. The molecule has 4 nitrogen and oxygen atoms in total. The van der Waals surface area contributed by atoms with Gasteiger partial charge in [-0.1, -0.05) is 24.5 Å². The number of aryl methyl sites for hydroxylation is 1. The predicted octanol–water partition coefficient (Wildman–Crippen LogP) is 2.49. The number of carbonyl (C=O) groups is 1. The Hall–Kier alpha value is -1.55. The van der Waals surface area contributed by atoms with Gasteiger partial charge in [0.1, 0.15) is 5.75 Å². The maximum atomic E-state index is 11.8. The SMILES string of the molecule is Cc1ccc(OCC(=O)NC2CCCC2)c(C(C)O)c1. The summed E-state index contributed by atoms with van der Waals surface area (Å²) in [6.45, 7) is 3.65. The Morgan fingerprint density at radius 3 is 2.80 bits per heavy atom. The van der Waals surface area contributed by atoms with E-state index in [0.717, 1.165) is 24.0 Å². The first-order chi connectivity index (χ1) is 9.56. The van der Waals surface area contributed by atoms with Gasteiger partial charge in [-0.05, 0) is 38.8 Å². The summed E-state index contributed by atoms with van der Waals surface area (Å²) >= 11 is 0. The quantitative estimate of drug-likeness (QED) is 0.869. The highest BCUT2D eigenvalue weighted by Gasteiger charge is 2.17. The second-order valence-corrected chi connectivity index (χ2v) is 5.55. The van der Waals surface area contributed by atoms with Gasteiger partial charge in [-0.3, -0.25) is 4.79 Å². The van der Waals surface area contributed by atoms with E-state index >= 15 is 0 Å². The molecular weight excluding hydrogens is 254 g/mol. The largest absolute Gasteiger partial charge is 0.483 e. The van der Waals surface area contributed by atoms with Gasteiger partial charge < -0.3 is 15.2 Å². The van der Waals surface area contributed by atoms with Crippen LogP contribution >= 0.6 is 0 Å². The van der Waals surface area contributed by atoms with Gasteiger partial charge in [-0.25, -0.2) is 0 Å². The van der Waals surface area contributed by atoms with Crippen LogP contribution in [0.1, 0.15) is 49.8 Å². The zero-order chi connectivity index (χ0) is 14.5. The molecule has 0 saturated heterocycles. The molecule has 1 aromatic rings. The van der Waals surface area contributed by atoms with E-state index in [0.29, 0.717) is 11.8 Å². The molecule has 0 aliphatic heterocycles. The molecule has 0 bridgehead atoms. The molecule has 2 N–H and O–H groups in total. The van der Waals surface area contributed by atoms with E-state index < -0.39 is 6.10 Å². The number of ether oxygens (including phenoxy) is 1. The summed E-state index contributed by atoms with van der Waals surface area (Å²) in [4.78, 5) is 11.8. The summed E-state index contributed by atoms with van der Waals surface area (Å²) in [5.74, 6) is 0.487. The maximum Gasteiger partial charge on any atom is 0.258 e. The highest BCUT2D eigenvalue weighted by molar-refractivity contribution is 5.77. The minimum absolute atomic E-state index is 0.000713. The van der Waals surface area contributed by atoms with Gasteiger partial charge in [0.15, 0.2) is 6.61 Å². The van der Waals surface area contributed by atoms with Crippen molar-refractivity contribution in [3.8, 4) is 5.75 Å². The van der Waals surface area contributed by atoms with Gasteiger partial charge in [0.2, 0.25) is 0 Å². The molecule has 1 aliphatic rings. The molecule has 110 valence electrons. The second kappa shape index (κ2) is 6.75. The van der Waals surface area contributed by atoms with Gasteiger partial charge in [0, 0.05) is 11.6 Å². The third-order valence-electron chi connectivity index (χ3n) is 3.69. The molecule has 1 atom stereocenters. The zero-order valence-corrected chi connectivity index (χ0v) is 12.2. The molecule has 1 unspecified atom stereocenters. The highest BCUT2D eigenvalue weighted by Crippen LogP contribution is 2.26. The van der Waals surface area contributed by atoms with Crippen molar-refractivity contribution in [3.05, 3.63) is 29.3 Å². The van der Waals surface area contributed by atoms with Crippen molar-refractivity contribution in [2.75, 3.05) is 6.61 Å². The number of aliphatic hydroxyl groups is 1. The van der Waals surface area contributed by atoms with Crippen LogP contribution in [0.15, 0.2) is 18.2 Å². The average molecular weight is 277 g/mol. The Balaban J connectivity index is 1.91. The molecule has 0 radical (unpaired) electrons. The first-order valence-corrected chi connectivity index (χ1v) is 7.27. The molecule has 0 heterocycles. The summed E-state index contributed by atoms with van der Waals surface area (Å²) in [7, 11) is 0. The summed E-state index contributed by atoms with van der Waals surface area (Å²) in [6, 6.07) is 5.91. The Labute approximate surface area is 120 Å². The summed E-state index contributed by atoms with van der Waals surface area (Å²) < 4.78 is 5.55. The van der Waals surface area contributed by atoms with Crippen LogP contribution < -0.4 is 10.1 Å². The van der Waals surface area contributed by atoms with Crippen LogP contribution in [0, 0.1) is 6.92 Å². The molecule has 1 aromatic carbocycles. The van der Waals surface area contributed by atoms with Crippen molar-refractivity contribution in [2.45, 2.75) is 51.7 Å². The average Bonchev–Trinajstić information content (AvgIpc) is 2.90. The summed E-state index contributed by atoms with van der Waals surface area (Å²) in [5.41, 5.74) is 1.78. The van der Waals surface area contributed by atoms with Crippen molar-refractivity contribution < 1.29 is 14.6 Å². The molecule has 1 aliphatic carbocycles. The Morgan fingerprint density at radius 2 is 2.15 bits per heavy atom. The third kappa shape index (κ3) is 3.97. The van der Waals surface area contributed by atoms with E-state index in [4.69, 9.17) is 4.74 Å². The number of hydrogen-bond donors (Lipinski definition) is 2. The molecule has 4 heteroatoms. The van der Waals surface area contributed by atoms with Crippen LogP contribution in [-0.2, 0) is 4.79 Å². The van der Waals surface area contributed by atoms with Crippen LogP contribution in [0.4, 0.5) is 0 Å². The van der Waals surface area contributed by atoms with E-state index in [9.17, 15) is 9.90 Å². The number of rotatable bonds is 5. The Bertz CT molecular complexity index is 465. The van der Waals surface area contributed by atoms with E-state index in [2.05, 4.69) is 5.32 Å². The van der Waals surface area contributed by atoms with E-state index in [1.165, 1.54) is 12.8 Å². The van der Waals surface area contributed by atoms with Crippen molar-refractivity contribution in [2.24, 2.45) is 0 Å². The van der Waals surface area contributed by atoms with Crippen molar-refractivity contribution >= 4 is 5.91 Å². The van der Waals surface area contributed by atoms with Gasteiger partial charge in [-0.15, -0.1) is 0 Å². The molecule has 2 rings (SSSR count). The number of amides is 1. The van der Waals surface area contributed by atoms with E-state index in [1.54, 1.807) is 13.0 Å². The molecule has 20 heavy (non-hydrogen) atoms. The highest BCUT2D eigenvalue weighted by atomic mass is 16.5. The predicted molar refractivity (Wildman–Crippen MR) is 77.7 cm³/mol. The maximum absolute atomic E-state index is 11.8. The van der Waals surface area contributed by atoms with Crippen LogP contribution in [0.3, 0.4) is 0 Å². The number of aliphatic hydroxyl groups excluding tert-OH is 1. The minimum atomic E-state index is -0.609. The number of nitrogens with one attached hydrogen (secondary N) is 1. The molecular formula is C16H23NO3.